The van der Waals surface area contributed by atoms with Crippen LogP contribution in [0, 0.1) is 0 Å². The van der Waals surface area contributed by atoms with Crippen LogP contribution in [0.15, 0.2) is 30.3 Å². The van der Waals surface area contributed by atoms with Gasteiger partial charge in [-0.05, 0) is 24.8 Å². The molecule has 1 aliphatic rings. The summed E-state index contributed by atoms with van der Waals surface area (Å²) >= 11 is 0. The van der Waals surface area contributed by atoms with E-state index >= 15 is 0 Å². The fourth-order valence-electron chi connectivity index (χ4n) is 2.63. The van der Waals surface area contributed by atoms with Crippen LogP contribution in [0.5, 0.6) is 0 Å². The van der Waals surface area contributed by atoms with Crippen molar-refractivity contribution in [2.45, 2.75) is 25.7 Å². The van der Waals surface area contributed by atoms with Gasteiger partial charge in [0.05, 0.1) is 12.1 Å². The van der Waals surface area contributed by atoms with Crippen LogP contribution >= 0.6 is 0 Å². The molecule has 0 spiro atoms. The number of amides is 1. The number of rotatable bonds is 3. The number of benzene rings is 1. The van der Waals surface area contributed by atoms with E-state index in [-0.39, 0.29) is 5.91 Å². The third-order valence-electron chi connectivity index (χ3n) is 3.53. The lowest BCUT2D eigenvalue weighted by Gasteiger charge is -2.07. The van der Waals surface area contributed by atoms with Crippen molar-refractivity contribution in [2.24, 2.45) is 7.05 Å². The van der Waals surface area contributed by atoms with E-state index in [4.69, 9.17) is 0 Å². The molecule has 2 aromatic rings. The molecule has 0 saturated heterocycles. The highest BCUT2D eigenvalue weighted by Crippen LogP contribution is 2.27. The Kier molecular flexibility index (Phi) is 3.07. The topological polar surface area (TPSA) is 46.9 Å². The fraction of sp³-hybridized carbons (Fsp3) is 0.333. The van der Waals surface area contributed by atoms with Crippen molar-refractivity contribution in [2.75, 3.05) is 5.32 Å². The summed E-state index contributed by atoms with van der Waals surface area (Å²) in [5.74, 6) is 0.886. The highest BCUT2D eigenvalue weighted by molar-refractivity contribution is 5.92. The van der Waals surface area contributed by atoms with Gasteiger partial charge < -0.3 is 5.32 Å². The van der Waals surface area contributed by atoms with E-state index in [9.17, 15) is 4.79 Å². The van der Waals surface area contributed by atoms with Gasteiger partial charge in [-0.2, -0.15) is 5.10 Å². The number of nitrogens with one attached hydrogen (secondary N) is 1. The maximum atomic E-state index is 12.1. The lowest BCUT2D eigenvalue weighted by molar-refractivity contribution is -0.115. The fourth-order valence-corrected chi connectivity index (χ4v) is 2.63. The van der Waals surface area contributed by atoms with Crippen LogP contribution in [-0.2, 0) is 31.1 Å². The van der Waals surface area contributed by atoms with Gasteiger partial charge in [-0.1, -0.05) is 30.3 Å². The predicted octanol–water partition coefficient (Wildman–Crippen LogP) is 2.09. The maximum Gasteiger partial charge on any atom is 0.229 e. The van der Waals surface area contributed by atoms with Gasteiger partial charge in [0.1, 0.15) is 5.82 Å². The number of nitrogens with zero attached hydrogens (tertiary/aromatic N) is 2. The molecule has 98 valence electrons. The minimum absolute atomic E-state index is 0.0175. The smallest absolute Gasteiger partial charge is 0.229 e. The van der Waals surface area contributed by atoms with Crippen LogP contribution in [-0.4, -0.2) is 15.7 Å². The summed E-state index contributed by atoms with van der Waals surface area (Å²) in [5.41, 5.74) is 3.38. The van der Waals surface area contributed by atoms with Crippen molar-refractivity contribution in [3.8, 4) is 0 Å². The van der Waals surface area contributed by atoms with Crippen molar-refractivity contribution in [3.63, 3.8) is 0 Å². The largest absolute Gasteiger partial charge is 0.310 e. The first kappa shape index (κ1) is 12.0. The minimum atomic E-state index is 0.0175. The SMILES string of the molecule is Cn1nc2c(c1NC(=O)Cc1ccccc1)CCC2. The van der Waals surface area contributed by atoms with Crippen molar-refractivity contribution in [1.82, 2.24) is 9.78 Å². The lowest BCUT2D eigenvalue weighted by atomic mass is 10.1. The van der Waals surface area contributed by atoms with Gasteiger partial charge >= 0.3 is 0 Å². The molecule has 1 N–H and O–H groups in total. The average molecular weight is 255 g/mol. The van der Waals surface area contributed by atoms with Gasteiger partial charge in [0.2, 0.25) is 5.91 Å². The third kappa shape index (κ3) is 2.38. The lowest BCUT2D eigenvalue weighted by Crippen LogP contribution is -2.17. The standard InChI is InChI=1S/C15H17N3O/c1-18-15(12-8-5-9-13(12)17-18)16-14(19)10-11-6-3-2-4-7-11/h2-4,6-7H,5,8-10H2,1H3,(H,16,19). The summed E-state index contributed by atoms with van der Waals surface area (Å²) in [4.78, 5) is 12.1. The number of hydrogen-bond acceptors (Lipinski definition) is 2. The number of anilines is 1. The Morgan fingerprint density at radius 3 is 2.89 bits per heavy atom. The average Bonchev–Trinajstić information content (AvgIpc) is 2.94. The molecular weight excluding hydrogens is 238 g/mol. The Hall–Kier alpha value is -2.10. The van der Waals surface area contributed by atoms with Crippen LogP contribution in [0.2, 0.25) is 0 Å². The van der Waals surface area contributed by atoms with Gasteiger partial charge in [0.15, 0.2) is 0 Å². The number of carbonyl (C=O) groups is 1. The van der Waals surface area contributed by atoms with E-state index in [2.05, 4.69) is 10.4 Å². The second kappa shape index (κ2) is 4.88. The van der Waals surface area contributed by atoms with Crippen molar-refractivity contribution in [3.05, 3.63) is 47.2 Å². The molecule has 19 heavy (non-hydrogen) atoms. The molecule has 1 aromatic heterocycles. The zero-order valence-corrected chi connectivity index (χ0v) is 11.0. The maximum absolute atomic E-state index is 12.1. The number of aromatic nitrogens is 2. The van der Waals surface area contributed by atoms with Gasteiger partial charge in [0.25, 0.3) is 0 Å². The van der Waals surface area contributed by atoms with Gasteiger partial charge in [-0.25, -0.2) is 0 Å². The quantitative estimate of drug-likeness (QED) is 0.913. The molecule has 0 fully saturated rings. The second-order valence-electron chi connectivity index (χ2n) is 4.96. The summed E-state index contributed by atoms with van der Waals surface area (Å²) in [6, 6.07) is 9.78. The molecule has 0 unspecified atom stereocenters. The summed E-state index contributed by atoms with van der Waals surface area (Å²) < 4.78 is 1.78. The Balaban J connectivity index is 1.73. The van der Waals surface area contributed by atoms with E-state index in [0.29, 0.717) is 6.42 Å². The molecule has 1 aliphatic carbocycles. The molecule has 1 amide bonds. The molecule has 1 aromatic carbocycles. The highest BCUT2D eigenvalue weighted by atomic mass is 16.1. The van der Waals surface area contributed by atoms with Crippen LogP contribution in [0.3, 0.4) is 0 Å². The molecule has 0 radical (unpaired) electrons. The van der Waals surface area contributed by atoms with E-state index in [1.165, 1.54) is 5.56 Å². The Bertz CT molecular complexity index is 601. The highest BCUT2D eigenvalue weighted by Gasteiger charge is 2.21. The van der Waals surface area contributed by atoms with Crippen LogP contribution < -0.4 is 5.32 Å². The molecule has 0 aliphatic heterocycles. The first-order valence-corrected chi connectivity index (χ1v) is 6.62. The summed E-state index contributed by atoms with van der Waals surface area (Å²) in [6.45, 7) is 0. The van der Waals surface area contributed by atoms with Crippen LogP contribution in [0.1, 0.15) is 23.2 Å². The van der Waals surface area contributed by atoms with E-state index < -0.39 is 0 Å². The third-order valence-corrected chi connectivity index (χ3v) is 3.53. The second-order valence-corrected chi connectivity index (χ2v) is 4.96. The van der Waals surface area contributed by atoms with Crippen LogP contribution in [0.25, 0.3) is 0 Å². The molecule has 3 rings (SSSR count). The summed E-state index contributed by atoms with van der Waals surface area (Å²) in [7, 11) is 1.89. The molecule has 0 saturated carbocycles. The van der Waals surface area contributed by atoms with Crippen molar-refractivity contribution in [1.29, 1.82) is 0 Å². The molecular formula is C15H17N3O. The van der Waals surface area contributed by atoms with Gasteiger partial charge in [-0.15, -0.1) is 0 Å². The van der Waals surface area contributed by atoms with E-state index in [1.807, 2.05) is 37.4 Å². The summed E-state index contributed by atoms with van der Waals surface area (Å²) in [6.07, 6.45) is 3.59. The van der Waals surface area contributed by atoms with Gasteiger partial charge in [0, 0.05) is 12.6 Å². The molecule has 1 heterocycles. The molecule has 0 atom stereocenters. The monoisotopic (exact) mass is 255 g/mol. The van der Waals surface area contributed by atoms with E-state index in [0.717, 1.165) is 36.3 Å². The zero-order valence-electron chi connectivity index (χ0n) is 11.0. The Morgan fingerprint density at radius 1 is 1.32 bits per heavy atom. The van der Waals surface area contributed by atoms with Crippen molar-refractivity contribution >= 4 is 11.7 Å². The first-order valence-electron chi connectivity index (χ1n) is 6.62. The number of carbonyl (C=O) groups excluding carboxylic acids is 1. The Morgan fingerprint density at radius 2 is 2.11 bits per heavy atom. The molecule has 4 heteroatoms. The van der Waals surface area contributed by atoms with Crippen molar-refractivity contribution < 1.29 is 4.79 Å². The van der Waals surface area contributed by atoms with Crippen LogP contribution in [0.4, 0.5) is 5.82 Å². The Labute approximate surface area is 112 Å². The predicted molar refractivity (Wildman–Crippen MR) is 74.0 cm³/mol. The first-order chi connectivity index (χ1) is 9.24. The number of fused-ring (bicyclic) bond motifs is 1. The normalized spacial score (nSPS) is 13.3. The molecule has 0 bridgehead atoms. The number of aryl methyl sites for hydroxylation is 2. The zero-order chi connectivity index (χ0) is 13.2. The minimum Gasteiger partial charge on any atom is -0.310 e. The van der Waals surface area contributed by atoms with Gasteiger partial charge in [-0.3, -0.25) is 9.48 Å². The number of hydrogen-bond donors (Lipinski definition) is 1. The molecule has 4 nitrogen and oxygen atoms in total. The van der Waals surface area contributed by atoms with E-state index in [1.54, 1.807) is 4.68 Å². The summed E-state index contributed by atoms with van der Waals surface area (Å²) in [5, 5.41) is 7.45.